The van der Waals surface area contributed by atoms with Crippen LogP contribution < -0.4 is 11.1 Å². The second kappa shape index (κ2) is 11.2. The number of urea groups is 1. The van der Waals surface area contributed by atoms with Crippen LogP contribution in [0.4, 0.5) is 10.5 Å². The number of carbonyl (C=O) groups excluding carboxylic acids is 1. The van der Waals surface area contributed by atoms with Crippen molar-refractivity contribution in [3.05, 3.63) is 112 Å². The number of carbonyl (C=O) groups is 1. The largest absolute Gasteiger partial charge is 0.336 e. The number of anilines is 1. The highest BCUT2D eigenvalue weighted by molar-refractivity contribution is 6.30. The van der Waals surface area contributed by atoms with E-state index in [1.807, 2.05) is 40.9 Å². The molecular formula is C31H29ClN8O. The second-order valence-electron chi connectivity index (χ2n) is 10.3. The number of nitrogens with one attached hydrogen (secondary N) is 1. The van der Waals surface area contributed by atoms with E-state index in [2.05, 4.69) is 39.5 Å². The van der Waals surface area contributed by atoms with Crippen molar-refractivity contribution >= 4 is 35.0 Å². The van der Waals surface area contributed by atoms with Crippen LogP contribution in [0.1, 0.15) is 45.7 Å². The number of aromatic nitrogens is 3. The molecule has 0 saturated carbocycles. The third-order valence-electron chi connectivity index (χ3n) is 7.80. The summed E-state index contributed by atoms with van der Waals surface area (Å²) in [7, 11) is 1.94. The number of hydrogen-bond donors (Lipinski definition) is 2. The highest BCUT2D eigenvalue weighted by Gasteiger charge is 2.35. The molecule has 1 unspecified atom stereocenters. The fourth-order valence-electron chi connectivity index (χ4n) is 5.66. The number of amides is 2. The first kappa shape index (κ1) is 26.7. The number of rotatable bonds is 4. The number of nitrogens with zero attached hydrogens (tertiary/aromatic N) is 6. The molecule has 10 heteroatoms. The SMILES string of the molecule is Cn1cncc1C(N)C1=Cc2cccnc2[C@@H](N2CCN(C(=O)Nc3ccc(C#N)cc3)CC2)c2ccc(Cl)cc21. The van der Waals surface area contributed by atoms with Gasteiger partial charge in [-0.3, -0.25) is 9.88 Å². The molecule has 2 aliphatic rings. The number of aryl methyl sites for hydroxylation is 1. The first-order valence-electron chi connectivity index (χ1n) is 13.4. The molecule has 206 valence electrons. The van der Waals surface area contributed by atoms with Crippen molar-refractivity contribution in [2.24, 2.45) is 12.8 Å². The van der Waals surface area contributed by atoms with Gasteiger partial charge in [0.15, 0.2) is 0 Å². The smallest absolute Gasteiger partial charge is 0.321 e. The number of hydrogen-bond acceptors (Lipinski definition) is 6. The number of nitrogens with two attached hydrogens (primary N) is 1. The minimum Gasteiger partial charge on any atom is -0.336 e. The molecule has 2 atom stereocenters. The summed E-state index contributed by atoms with van der Waals surface area (Å²) >= 11 is 6.56. The van der Waals surface area contributed by atoms with Crippen molar-refractivity contribution in [1.82, 2.24) is 24.3 Å². The maximum absolute atomic E-state index is 13.0. The minimum absolute atomic E-state index is 0.144. The van der Waals surface area contributed by atoms with E-state index < -0.39 is 6.04 Å². The predicted molar refractivity (Wildman–Crippen MR) is 159 cm³/mol. The summed E-state index contributed by atoms with van der Waals surface area (Å²) in [6, 6.07) is 18.2. The maximum Gasteiger partial charge on any atom is 0.321 e. The zero-order valence-electron chi connectivity index (χ0n) is 22.5. The van der Waals surface area contributed by atoms with Crippen LogP contribution in [0, 0.1) is 11.3 Å². The monoisotopic (exact) mass is 564 g/mol. The van der Waals surface area contributed by atoms with Gasteiger partial charge in [0.2, 0.25) is 0 Å². The van der Waals surface area contributed by atoms with Crippen molar-refractivity contribution in [2.75, 3.05) is 31.5 Å². The van der Waals surface area contributed by atoms with E-state index in [-0.39, 0.29) is 12.1 Å². The van der Waals surface area contributed by atoms with Gasteiger partial charge >= 0.3 is 6.03 Å². The Hall–Kier alpha value is -4.49. The third-order valence-corrected chi connectivity index (χ3v) is 8.04. The van der Waals surface area contributed by atoms with Crippen molar-refractivity contribution in [3.8, 4) is 6.07 Å². The van der Waals surface area contributed by atoms with Gasteiger partial charge in [-0.1, -0.05) is 23.7 Å². The molecule has 9 nitrogen and oxygen atoms in total. The lowest BCUT2D eigenvalue weighted by molar-refractivity contribution is 0.125. The minimum atomic E-state index is -0.422. The van der Waals surface area contributed by atoms with Gasteiger partial charge in [0.05, 0.1) is 47.6 Å². The Labute approximate surface area is 243 Å². The first-order valence-corrected chi connectivity index (χ1v) is 13.8. The molecule has 2 aromatic carbocycles. The van der Waals surface area contributed by atoms with Crippen LogP contribution >= 0.6 is 11.6 Å². The molecule has 0 radical (unpaired) electrons. The van der Waals surface area contributed by atoms with Crippen molar-refractivity contribution in [1.29, 1.82) is 5.26 Å². The van der Waals surface area contributed by atoms with Crippen LogP contribution in [0.25, 0.3) is 11.6 Å². The lowest BCUT2D eigenvalue weighted by atomic mass is 9.90. The summed E-state index contributed by atoms with van der Waals surface area (Å²) in [5, 5.41) is 12.6. The summed E-state index contributed by atoms with van der Waals surface area (Å²) in [4.78, 5) is 26.4. The van der Waals surface area contributed by atoms with Crippen LogP contribution in [0.3, 0.4) is 0 Å². The lowest BCUT2D eigenvalue weighted by Crippen LogP contribution is -2.51. The third kappa shape index (κ3) is 5.21. The van der Waals surface area contributed by atoms with E-state index in [1.54, 1.807) is 36.8 Å². The van der Waals surface area contributed by atoms with Crippen molar-refractivity contribution in [2.45, 2.75) is 12.1 Å². The second-order valence-corrected chi connectivity index (χ2v) is 10.7. The van der Waals surface area contributed by atoms with Gasteiger partial charge in [-0.05, 0) is 70.8 Å². The van der Waals surface area contributed by atoms with Gasteiger partial charge in [-0.15, -0.1) is 0 Å². The fourth-order valence-corrected chi connectivity index (χ4v) is 5.83. The molecule has 4 aromatic rings. The molecule has 1 aliphatic carbocycles. The van der Waals surface area contributed by atoms with Gasteiger partial charge in [0.1, 0.15) is 0 Å². The zero-order chi connectivity index (χ0) is 28.5. The van der Waals surface area contributed by atoms with Crippen molar-refractivity contribution in [3.63, 3.8) is 0 Å². The molecule has 0 bridgehead atoms. The first-order chi connectivity index (χ1) is 19.9. The van der Waals surface area contributed by atoms with E-state index in [1.165, 1.54) is 0 Å². The van der Waals surface area contributed by atoms with Gasteiger partial charge < -0.3 is 20.5 Å². The Morgan fingerprint density at radius 1 is 1.15 bits per heavy atom. The number of imidazole rings is 1. The number of fused-ring (bicyclic) bond motifs is 2. The van der Waals surface area contributed by atoms with E-state index in [9.17, 15) is 4.79 Å². The summed E-state index contributed by atoms with van der Waals surface area (Å²) in [5.74, 6) is 0. The van der Waals surface area contributed by atoms with Crippen LogP contribution in [-0.2, 0) is 7.05 Å². The van der Waals surface area contributed by atoms with Crippen LogP contribution in [-0.4, -0.2) is 56.5 Å². The van der Waals surface area contributed by atoms with Gasteiger partial charge in [-0.2, -0.15) is 5.26 Å². The Balaban J connectivity index is 1.30. The van der Waals surface area contributed by atoms with E-state index in [4.69, 9.17) is 27.6 Å². The quantitative estimate of drug-likeness (QED) is 0.367. The topological polar surface area (TPSA) is 116 Å². The predicted octanol–water partition coefficient (Wildman–Crippen LogP) is 4.83. The molecular weight excluding hydrogens is 536 g/mol. The summed E-state index contributed by atoms with van der Waals surface area (Å²) in [6.45, 7) is 2.43. The number of benzene rings is 2. The summed E-state index contributed by atoms with van der Waals surface area (Å²) < 4.78 is 1.93. The Kier molecular flexibility index (Phi) is 7.28. The number of nitriles is 1. The summed E-state index contributed by atoms with van der Waals surface area (Å²) in [5.41, 5.74) is 13.9. The van der Waals surface area contributed by atoms with Gasteiger partial charge in [-0.25, -0.2) is 9.78 Å². The Morgan fingerprint density at radius 2 is 1.93 bits per heavy atom. The maximum atomic E-state index is 13.0. The summed E-state index contributed by atoms with van der Waals surface area (Å²) in [6.07, 6.45) is 7.49. The van der Waals surface area contributed by atoms with Gasteiger partial charge in [0, 0.05) is 50.1 Å². The molecule has 1 fully saturated rings. The highest BCUT2D eigenvalue weighted by Crippen LogP contribution is 2.43. The normalized spacial score (nSPS) is 17.5. The van der Waals surface area contributed by atoms with E-state index in [0.717, 1.165) is 33.7 Å². The van der Waals surface area contributed by atoms with Gasteiger partial charge in [0.25, 0.3) is 0 Å². The zero-order valence-corrected chi connectivity index (χ0v) is 23.3. The van der Waals surface area contributed by atoms with E-state index >= 15 is 0 Å². The number of piperazine rings is 1. The van der Waals surface area contributed by atoms with E-state index in [0.29, 0.717) is 42.5 Å². The molecule has 0 spiro atoms. The van der Waals surface area contributed by atoms with Crippen LogP contribution in [0.5, 0.6) is 0 Å². The van der Waals surface area contributed by atoms with Crippen molar-refractivity contribution < 1.29 is 4.79 Å². The molecule has 41 heavy (non-hydrogen) atoms. The highest BCUT2D eigenvalue weighted by atomic mass is 35.5. The van der Waals surface area contributed by atoms with Crippen LogP contribution in [0.2, 0.25) is 5.02 Å². The molecule has 1 saturated heterocycles. The lowest BCUT2D eigenvalue weighted by Gasteiger charge is -2.39. The molecule has 2 amide bonds. The Morgan fingerprint density at radius 3 is 2.63 bits per heavy atom. The fraction of sp³-hybridized carbons (Fsp3) is 0.226. The molecule has 1 aliphatic heterocycles. The average molecular weight is 565 g/mol. The number of pyridine rings is 1. The molecule has 3 heterocycles. The molecule has 6 rings (SSSR count). The van der Waals surface area contributed by atoms with Crippen LogP contribution in [0.15, 0.2) is 73.3 Å². The average Bonchev–Trinajstić information content (AvgIpc) is 3.37. The molecule has 3 N–H and O–H groups in total. The molecule has 2 aromatic heterocycles. The number of halogens is 1. The Bertz CT molecular complexity index is 1660. The standard InChI is InChI=1S/C31H29ClN8O/c1-38-19-35-18-27(38)28(34)26-15-21-3-2-10-36-29(21)30(24-9-6-22(32)16-25(24)26)39-11-13-40(14-12-39)31(41)37-23-7-4-20(17-33)5-8-23/h2-10,15-16,18-19,28,30H,11-14,34H2,1H3,(H,37,41)/t28?,30-/m0/s1.